The van der Waals surface area contributed by atoms with E-state index in [9.17, 15) is 4.79 Å². The van der Waals surface area contributed by atoms with Crippen LogP contribution >= 0.6 is 11.8 Å². The van der Waals surface area contributed by atoms with Gasteiger partial charge in [-0.3, -0.25) is 4.79 Å². The molecule has 3 N–H and O–H groups in total. The Balaban J connectivity index is 2.05. The summed E-state index contributed by atoms with van der Waals surface area (Å²) in [6.45, 7) is 4.02. The van der Waals surface area contributed by atoms with Gasteiger partial charge < -0.3 is 11.1 Å². The molecule has 21 heavy (non-hydrogen) atoms. The number of nitrogens with one attached hydrogen (secondary N) is 1. The highest BCUT2D eigenvalue weighted by Gasteiger charge is 2.18. The van der Waals surface area contributed by atoms with Crippen LogP contribution in [0.2, 0.25) is 0 Å². The zero-order chi connectivity index (χ0) is 15.2. The fourth-order valence-corrected chi connectivity index (χ4v) is 3.04. The monoisotopic (exact) mass is 300 g/mol. The molecule has 110 valence electrons. The number of nitrogen functional groups attached to an aromatic ring is 1. The maximum absolute atomic E-state index is 12.4. The van der Waals surface area contributed by atoms with Crippen LogP contribution in [0, 0.1) is 6.92 Å². The molecule has 4 heteroatoms. The Bertz CT molecular complexity index is 628. The quantitative estimate of drug-likeness (QED) is 0.646. The molecule has 2 rings (SSSR count). The highest BCUT2D eigenvalue weighted by atomic mass is 32.2. The van der Waals surface area contributed by atoms with E-state index in [0.29, 0.717) is 5.69 Å². The second kappa shape index (κ2) is 7.18. The minimum absolute atomic E-state index is 0.0236. The molecule has 1 atom stereocenters. The molecule has 0 aliphatic rings. The molecule has 0 spiro atoms. The number of nitrogens with two attached hydrogens (primary N) is 1. The lowest BCUT2D eigenvalue weighted by Gasteiger charge is -2.15. The van der Waals surface area contributed by atoms with Crippen molar-refractivity contribution in [1.82, 2.24) is 0 Å². The van der Waals surface area contributed by atoms with E-state index in [4.69, 9.17) is 5.73 Å². The molecule has 3 nitrogen and oxygen atoms in total. The van der Waals surface area contributed by atoms with Gasteiger partial charge >= 0.3 is 0 Å². The standard InChI is InChI=1S/C17H20N2OS/c1-3-16(21-15-9-5-7-13(18)11-15)17(20)19-14-8-4-6-12(2)10-14/h4-11,16H,3,18H2,1-2H3,(H,19,20). The van der Waals surface area contributed by atoms with Crippen LogP contribution in [-0.2, 0) is 4.79 Å². The van der Waals surface area contributed by atoms with Crippen molar-refractivity contribution in [3.05, 3.63) is 54.1 Å². The molecule has 1 amide bonds. The molecular weight excluding hydrogens is 280 g/mol. The Morgan fingerprint density at radius 1 is 1.24 bits per heavy atom. The summed E-state index contributed by atoms with van der Waals surface area (Å²) >= 11 is 1.54. The molecule has 0 fully saturated rings. The van der Waals surface area contributed by atoms with Crippen LogP contribution in [0.4, 0.5) is 11.4 Å². The van der Waals surface area contributed by atoms with E-state index in [0.717, 1.165) is 22.6 Å². The molecule has 1 unspecified atom stereocenters. The Kier molecular flexibility index (Phi) is 5.28. The van der Waals surface area contributed by atoms with Gasteiger partial charge in [0.15, 0.2) is 0 Å². The number of aryl methyl sites for hydroxylation is 1. The SMILES string of the molecule is CCC(Sc1cccc(N)c1)C(=O)Nc1cccc(C)c1. The first-order valence-electron chi connectivity index (χ1n) is 6.98. The minimum atomic E-state index is -0.132. The molecule has 0 radical (unpaired) electrons. The van der Waals surface area contributed by atoms with E-state index in [1.165, 1.54) is 0 Å². The van der Waals surface area contributed by atoms with Gasteiger partial charge in [0.1, 0.15) is 0 Å². The zero-order valence-corrected chi connectivity index (χ0v) is 13.1. The van der Waals surface area contributed by atoms with E-state index < -0.39 is 0 Å². The van der Waals surface area contributed by atoms with Crippen molar-refractivity contribution in [2.75, 3.05) is 11.1 Å². The number of amides is 1. The first-order chi connectivity index (χ1) is 10.1. The fraction of sp³-hybridized carbons (Fsp3) is 0.235. The third-order valence-corrected chi connectivity index (χ3v) is 4.44. The summed E-state index contributed by atoms with van der Waals surface area (Å²) in [5.74, 6) is 0.0236. The van der Waals surface area contributed by atoms with Crippen LogP contribution in [0.1, 0.15) is 18.9 Å². The van der Waals surface area contributed by atoms with Crippen LogP contribution in [0.5, 0.6) is 0 Å². The van der Waals surface area contributed by atoms with Gasteiger partial charge in [-0.1, -0.05) is 25.1 Å². The summed E-state index contributed by atoms with van der Waals surface area (Å²) in [5.41, 5.74) is 8.46. The van der Waals surface area contributed by atoms with Crippen molar-refractivity contribution in [1.29, 1.82) is 0 Å². The van der Waals surface area contributed by atoms with Gasteiger partial charge in [-0.25, -0.2) is 0 Å². The van der Waals surface area contributed by atoms with Crippen molar-refractivity contribution < 1.29 is 4.79 Å². The van der Waals surface area contributed by atoms with Crippen LogP contribution in [0.25, 0.3) is 0 Å². The number of carbonyl (C=O) groups excluding carboxylic acids is 1. The molecule has 2 aromatic carbocycles. The summed E-state index contributed by atoms with van der Waals surface area (Å²) < 4.78 is 0. The summed E-state index contributed by atoms with van der Waals surface area (Å²) in [5, 5.41) is 2.85. The van der Waals surface area contributed by atoms with Gasteiger partial charge in [0.2, 0.25) is 5.91 Å². The van der Waals surface area contributed by atoms with Crippen molar-refractivity contribution in [2.45, 2.75) is 30.4 Å². The number of anilines is 2. The van der Waals surface area contributed by atoms with Gasteiger partial charge in [0.05, 0.1) is 5.25 Å². The average Bonchev–Trinajstić information content (AvgIpc) is 2.44. The normalized spacial score (nSPS) is 11.9. The number of rotatable bonds is 5. The van der Waals surface area contributed by atoms with Crippen LogP contribution in [0.15, 0.2) is 53.4 Å². The molecule has 0 aliphatic heterocycles. The second-order valence-corrected chi connectivity index (χ2v) is 6.22. The van der Waals surface area contributed by atoms with Crippen molar-refractivity contribution in [3.8, 4) is 0 Å². The Hall–Kier alpha value is -1.94. The van der Waals surface area contributed by atoms with Gasteiger partial charge in [0.25, 0.3) is 0 Å². The maximum atomic E-state index is 12.4. The first kappa shape index (κ1) is 15.4. The maximum Gasteiger partial charge on any atom is 0.237 e. The average molecular weight is 300 g/mol. The third-order valence-electron chi connectivity index (χ3n) is 3.09. The molecule has 0 aromatic heterocycles. The fourth-order valence-electron chi connectivity index (χ4n) is 2.02. The third kappa shape index (κ3) is 4.53. The van der Waals surface area contributed by atoms with E-state index in [-0.39, 0.29) is 11.2 Å². The lowest BCUT2D eigenvalue weighted by atomic mass is 10.2. The van der Waals surface area contributed by atoms with Gasteiger partial charge in [0, 0.05) is 16.3 Å². The molecule has 0 bridgehead atoms. The van der Waals surface area contributed by atoms with Crippen LogP contribution in [0.3, 0.4) is 0 Å². The number of hydrogen-bond acceptors (Lipinski definition) is 3. The van der Waals surface area contributed by atoms with Crippen molar-refractivity contribution in [2.24, 2.45) is 0 Å². The largest absolute Gasteiger partial charge is 0.399 e. The summed E-state index contributed by atoms with van der Waals surface area (Å²) in [4.78, 5) is 13.4. The van der Waals surface area contributed by atoms with Crippen molar-refractivity contribution >= 4 is 29.0 Å². The Morgan fingerprint density at radius 3 is 2.67 bits per heavy atom. The van der Waals surface area contributed by atoms with Crippen LogP contribution in [-0.4, -0.2) is 11.2 Å². The molecular formula is C17H20N2OS. The van der Waals surface area contributed by atoms with Crippen LogP contribution < -0.4 is 11.1 Å². The summed E-state index contributed by atoms with van der Waals surface area (Å²) in [6.07, 6.45) is 0.761. The predicted octanol–water partition coefficient (Wildman–Crippen LogP) is 4.09. The van der Waals surface area contributed by atoms with E-state index in [1.54, 1.807) is 11.8 Å². The van der Waals surface area contributed by atoms with Gasteiger partial charge in [-0.15, -0.1) is 11.8 Å². The molecule has 2 aromatic rings. The van der Waals surface area contributed by atoms with Gasteiger partial charge in [-0.05, 0) is 49.2 Å². The van der Waals surface area contributed by atoms with E-state index in [1.807, 2.05) is 62.4 Å². The van der Waals surface area contributed by atoms with Gasteiger partial charge in [-0.2, -0.15) is 0 Å². The van der Waals surface area contributed by atoms with Crippen molar-refractivity contribution in [3.63, 3.8) is 0 Å². The highest BCUT2D eigenvalue weighted by Crippen LogP contribution is 2.27. The summed E-state index contributed by atoms with van der Waals surface area (Å²) in [6, 6.07) is 15.4. The Morgan fingerprint density at radius 2 is 2.00 bits per heavy atom. The molecule has 0 heterocycles. The highest BCUT2D eigenvalue weighted by molar-refractivity contribution is 8.00. The topological polar surface area (TPSA) is 55.1 Å². The second-order valence-electron chi connectivity index (χ2n) is 4.95. The predicted molar refractivity (Wildman–Crippen MR) is 90.6 cm³/mol. The summed E-state index contributed by atoms with van der Waals surface area (Å²) in [7, 11) is 0. The van der Waals surface area contributed by atoms with E-state index >= 15 is 0 Å². The number of thioether (sulfide) groups is 1. The smallest absolute Gasteiger partial charge is 0.237 e. The van der Waals surface area contributed by atoms with E-state index in [2.05, 4.69) is 5.32 Å². The first-order valence-corrected chi connectivity index (χ1v) is 7.86. The Labute approximate surface area is 129 Å². The molecule has 0 saturated heterocycles. The number of benzene rings is 2. The molecule has 0 aliphatic carbocycles. The lowest BCUT2D eigenvalue weighted by Crippen LogP contribution is -2.24. The zero-order valence-electron chi connectivity index (χ0n) is 12.3. The number of hydrogen-bond donors (Lipinski definition) is 2. The lowest BCUT2D eigenvalue weighted by molar-refractivity contribution is -0.115. The molecule has 0 saturated carbocycles. The minimum Gasteiger partial charge on any atom is -0.399 e. The number of carbonyl (C=O) groups is 1.